The molecule has 0 radical (unpaired) electrons. The molecule has 2 unspecified atom stereocenters. The number of nitrogens with two attached hydrogens (primary N) is 3. The number of carbonyl (C=O) groups is 2. The van der Waals surface area contributed by atoms with Gasteiger partial charge in [-0.15, -0.1) is 0 Å². The predicted octanol–water partition coefficient (Wildman–Crippen LogP) is 7.63. The fourth-order valence-electron chi connectivity index (χ4n) is 8.40. The highest BCUT2D eigenvalue weighted by Gasteiger charge is 2.51. The second-order valence-corrected chi connectivity index (χ2v) is 18.4. The Morgan fingerprint density at radius 3 is 1.85 bits per heavy atom. The van der Waals surface area contributed by atoms with Gasteiger partial charge in [0, 0.05) is 41.9 Å². The molecule has 5 aromatic rings. The molecule has 4 heterocycles. The van der Waals surface area contributed by atoms with Crippen LogP contribution >= 0.6 is 27.5 Å². The Morgan fingerprint density at radius 2 is 1.31 bits per heavy atom. The van der Waals surface area contributed by atoms with Crippen LogP contribution in [0.5, 0.6) is 0 Å². The van der Waals surface area contributed by atoms with Gasteiger partial charge in [-0.1, -0.05) is 131 Å². The van der Waals surface area contributed by atoms with E-state index in [0.717, 1.165) is 39.6 Å². The Kier molecular flexibility index (Phi) is 15.2. The van der Waals surface area contributed by atoms with Crippen LogP contribution < -0.4 is 22.5 Å². The van der Waals surface area contributed by atoms with Crippen LogP contribution in [0.4, 0.5) is 10.5 Å². The van der Waals surface area contributed by atoms with Gasteiger partial charge < -0.3 is 27.4 Å². The first-order valence-corrected chi connectivity index (χ1v) is 23.1. The molecule has 0 aliphatic carbocycles. The van der Waals surface area contributed by atoms with E-state index in [0.29, 0.717) is 55.4 Å². The summed E-state index contributed by atoms with van der Waals surface area (Å²) in [7, 11) is 3.35. The quantitative estimate of drug-likeness (QED) is 0.121. The van der Waals surface area contributed by atoms with E-state index in [1.54, 1.807) is 53.3 Å². The van der Waals surface area contributed by atoms with Gasteiger partial charge in [0.05, 0.1) is 13.7 Å². The van der Waals surface area contributed by atoms with Crippen LogP contribution in [0, 0.1) is 5.92 Å². The lowest BCUT2D eigenvalue weighted by Gasteiger charge is -2.34. The van der Waals surface area contributed by atoms with Crippen LogP contribution in [0.1, 0.15) is 48.9 Å². The third-order valence-corrected chi connectivity index (χ3v) is 13.0. The summed E-state index contributed by atoms with van der Waals surface area (Å²) in [6.07, 6.45) is 1.55. The minimum Gasteiger partial charge on any atom is -0.369 e. The minimum absolute atomic E-state index is 0.138. The Morgan fingerprint density at radius 1 is 0.761 bits per heavy atom. The summed E-state index contributed by atoms with van der Waals surface area (Å²) < 4.78 is 1.04. The number of hydrogen-bond donors (Lipinski definition) is 4. The SMILES string of the molecule is CN1OCC(C)(c2ccccc2)N=C1N.CON1CC(C)(c2cccc(Br)c2)N=C1N.NC1=NC(c2ccccc2)(c2ccccc2)C(=O)N1CC1CCN(C(=O)Nc2ccc(Cl)cc2)CC1. The van der Waals surface area contributed by atoms with Gasteiger partial charge in [0.15, 0.2) is 11.5 Å². The van der Waals surface area contributed by atoms with Crippen LogP contribution in [0.2, 0.25) is 5.02 Å². The average molecular weight is 991 g/mol. The summed E-state index contributed by atoms with van der Waals surface area (Å²) in [6, 6.07) is 44.2. The summed E-state index contributed by atoms with van der Waals surface area (Å²) in [6.45, 7) is 6.88. The van der Waals surface area contributed by atoms with Crippen LogP contribution in [0.15, 0.2) is 159 Å². The number of rotatable bonds is 8. The maximum Gasteiger partial charge on any atom is 0.321 e. The molecule has 2 atom stereocenters. The lowest BCUT2D eigenvalue weighted by atomic mass is 9.82. The lowest BCUT2D eigenvalue weighted by molar-refractivity contribution is -0.130. The van der Waals surface area contributed by atoms with Crippen LogP contribution in [-0.2, 0) is 31.1 Å². The number of anilines is 1. The second-order valence-electron chi connectivity index (χ2n) is 17.0. The number of likely N-dealkylation sites (tertiary alicyclic amines) is 1. The van der Waals surface area contributed by atoms with Crippen molar-refractivity contribution in [3.63, 3.8) is 0 Å². The number of carbonyl (C=O) groups excluding carboxylic acids is 2. The van der Waals surface area contributed by atoms with Crippen molar-refractivity contribution < 1.29 is 19.3 Å². The van der Waals surface area contributed by atoms with Gasteiger partial charge in [-0.05, 0) is 91.3 Å². The number of hydrogen-bond acceptors (Lipinski definition) is 12. The van der Waals surface area contributed by atoms with Crippen molar-refractivity contribution in [2.75, 3.05) is 52.3 Å². The molecule has 7 N–H and O–H groups in total. The van der Waals surface area contributed by atoms with E-state index in [1.807, 2.05) is 123 Å². The Bertz CT molecular complexity index is 2540. The van der Waals surface area contributed by atoms with Crippen molar-refractivity contribution >= 4 is 63.0 Å². The molecular formula is C50H57BrClN11O4. The molecule has 3 amide bonds. The molecule has 4 aliphatic heterocycles. The topological polar surface area (TPSA) is 193 Å². The molecule has 1 fully saturated rings. The zero-order valence-electron chi connectivity index (χ0n) is 38.1. The molecule has 4 aliphatic rings. The third kappa shape index (κ3) is 11.1. The van der Waals surface area contributed by atoms with E-state index >= 15 is 0 Å². The number of urea groups is 1. The Balaban J connectivity index is 0.000000176. The monoisotopic (exact) mass is 989 g/mol. The number of amides is 3. The number of nitrogens with one attached hydrogen (secondary N) is 1. The minimum atomic E-state index is -1.19. The van der Waals surface area contributed by atoms with Gasteiger partial charge in [0.25, 0.3) is 5.91 Å². The smallest absolute Gasteiger partial charge is 0.321 e. The number of guanidine groups is 3. The zero-order valence-corrected chi connectivity index (χ0v) is 40.4. The highest BCUT2D eigenvalue weighted by atomic mass is 79.9. The molecule has 0 saturated carbocycles. The van der Waals surface area contributed by atoms with E-state index in [-0.39, 0.29) is 34.9 Å². The first-order chi connectivity index (χ1) is 32.1. The number of benzene rings is 5. The van der Waals surface area contributed by atoms with Crippen molar-refractivity contribution in [2.24, 2.45) is 38.1 Å². The van der Waals surface area contributed by atoms with Gasteiger partial charge in [-0.25, -0.2) is 29.9 Å². The summed E-state index contributed by atoms with van der Waals surface area (Å²) in [5.41, 5.74) is 20.5. The van der Waals surface area contributed by atoms with E-state index in [1.165, 1.54) is 5.06 Å². The van der Waals surface area contributed by atoms with Gasteiger partial charge in [-0.3, -0.25) is 19.4 Å². The van der Waals surface area contributed by atoms with Crippen LogP contribution in [0.3, 0.4) is 0 Å². The van der Waals surface area contributed by atoms with E-state index in [4.69, 9.17) is 43.5 Å². The number of nitrogens with zero attached hydrogens (tertiary/aromatic N) is 7. The first-order valence-electron chi connectivity index (χ1n) is 21.9. The largest absolute Gasteiger partial charge is 0.369 e. The molecule has 17 heteroatoms. The Labute approximate surface area is 405 Å². The van der Waals surface area contributed by atoms with Crippen molar-refractivity contribution in [1.82, 2.24) is 19.9 Å². The summed E-state index contributed by atoms with van der Waals surface area (Å²) in [4.78, 5) is 54.3. The highest BCUT2D eigenvalue weighted by molar-refractivity contribution is 9.10. The summed E-state index contributed by atoms with van der Waals surface area (Å²) in [5.74, 6) is 1.14. The van der Waals surface area contributed by atoms with Gasteiger partial charge >= 0.3 is 6.03 Å². The molecule has 67 heavy (non-hydrogen) atoms. The van der Waals surface area contributed by atoms with E-state index in [9.17, 15) is 9.59 Å². The Hall–Kier alpha value is -6.46. The fourth-order valence-corrected chi connectivity index (χ4v) is 8.93. The molecule has 5 aromatic carbocycles. The maximum atomic E-state index is 14.0. The standard InChI is InChI=1S/C28H28ClN5O2.C11H14BrN3O.C11H15N3O/c29-23-11-13-24(14-12-23)31-27(36)33-17-15-20(16-18-33)19-34-25(35)28(32-26(34)30,21-7-3-1-4-8-21)22-9-5-2-6-10-22;1-11(7-15(16-2)10(13)14-11)8-4-3-5-9(12)6-8;1-11(9-6-4-3-5-7-9)8-15-14(2)10(12)13-11/h1-14,20H,15-19H2,(H2,30,32)(H,31,36);3-6H,7H2,1-2H3,(H2,13,14);3-7H,8H2,1-2H3,(H2,12,13). The number of piperidine rings is 1. The molecule has 0 aromatic heterocycles. The molecule has 1 saturated heterocycles. The predicted molar refractivity (Wildman–Crippen MR) is 268 cm³/mol. The maximum absolute atomic E-state index is 14.0. The molecule has 350 valence electrons. The van der Waals surface area contributed by atoms with Crippen LogP contribution in [0.25, 0.3) is 0 Å². The molecule has 9 rings (SSSR count). The van der Waals surface area contributed by atoms with Gasteiger partial charge in [0.2, 0.25) is 11.9 Å². The van der Waals surface area contributed by atoms with Crippen molar-refractivity contribution in [3.05, 3.63) is 171 Å². The number of halogens is 2. The first kappa shape index (κ1) is 48.5. The molecule has 0 spiro atoms. The molecule has 15 nitrogen and oxygen atoms in total. The fraction of sp³-hybridized carbons (Fsp3) is 0.300. The van der Waals surface area contributed by atoms with E-state index < -0.39 is 5.54 Å². The van der Waals surface area contributed by atoms with E-state index in [2.05, 4.69) is 37.3 Å². The zero-order chi connectivity index (χ0) is 47.8. The van der Waals surface area contributed by atoms with Crippen molar-refractivity contribution in [3.8, 4) is 0 Å². The average Bonchev–Trinajstić information content (AvgIpc) is 3.80. The van der Waals surface area contributed by atoms with Crippen molar-refractivity contribution in [2.45, 2.75) is 43.3 Å². The van der Waals surface area contributed by atoms with Crippen molar-refractivity contribution in [1.29, 1.82) is 0 Å². The summed E-state index contributed by atoms with van der Waals surface area (Å²) >= 11 is 9.38. The summed E-state index contributed by atoms with van der Waals surface area (Å²) in [5, 5.41) is 6.62. The second kappa shape index (κ2) is 21.0. The normalized spacial score (nSPS) is 21.3. The molecular weight excluding hydrogens is 934 g/mol. The number of hydroxylamine groups is 4. The highest BCUT2D eigenvalue weighted by Crippen LogP contribution is 2.40. The number of aliphatic imine (C=N–C) groups is 3. The van der Waals surface area contributed by atoms with Crippen LogP contribution in [-0.4, -0.2) is 96.7 Å². The van der Waals surface area contributed by atoms with Gasteiger partial charge in [0.1, 0.15) is 17.7 Å². The lowest BCUT2D eigenvalue weighted by Crippen LogP contribution is -2.48. The third-order valence-electron chi connectivity index (χ3n) is 12.3. The van der Waals surface area contributed by atoms with Gasteiger partial charge in [-0.2, -0.15) is 0 Å². The molecule has 0 bridgehead atoms.